The van der Waals surface area contributed by atoms with Crippen LogP contribution in [0, 0.1) is 18.3 Å². The van der Waals surface area contributed by atoms with E-state index in [1.165, 1.54) is 6.20 Å². The van der Waals surface area contributed by atoms with Crippen LogP contribution in [0.25, 0.3) is 17.2 Å². The average molecular weight is 457 g/mol. The third kappa shape index (κ3) is 3.62. The zero-order valence-electron chi connectivity index (χ0n) is 18.0. The molecular weight excluding hydrogens is 432 g/mol. The van der Waals surface area contributed by atoms with Crippen LogP contribution in [-0.2, 0) is 10.0 Å². The number of imidazole rings is 1. The minimum atomic E-state index is -3.95. The largest absolute Gasteiger partial charge is 0.420 e. The van der Waals surface area contributed by atoms with Crippen molar-refractivity contribution in [2.75, 3.05) is 18.0 Å². The van der Waals surface area contributed by atoms with Gasteiger partial charge in [0, 0.05) is 38.3 Å². The highest BCUT2D eigenvalue weighted by molar-refractivity contribution is 7.89. The van der Waals surface area contributed by atoms with Crippen LogP contribution in [0.4, 0.5) is 5.69 Å². The normalized spacial score (nSPS) is 22.8. The summed E-state index contributed by atoms with van der Waals surface area (Å²) in [5, 5.41) is 20.8. The van der Waals surface area contributed by atoms with Gasteiger partial charge in [0.1, 0.15) is 16.1 Å². The number of rotatable bonds is 5. The number of pyridine rings is 1. The van der Waals surface area contributed by atoms with Crippen molar-refractivity contribution in [2.45, 2.75) is 56.1 Å². The van der Waals surface area contributed by atoms with Crippen LogP contribution in [-0.4, -0.2) is 58.7 Å². The maximum absolute atomic E-state index is 13.2. The van der Waals surface area contributed by atoms with Gasteiger partial charge in [-0.3, -0.25) is 4.40 Å². The number of sulfonamides is 1. The molecule has 168 valence electrons. The lowest BCUT2D eigenvalue weighted by Crippen LogP contribution is -2.54. The molecule has 2 N–H and O–H groups in total. The van der Waals surface area contributed by atoms with E-state index < -0.39 is 15.6 Å². The summed E-state index contributed by atoms with van der Waals surface area (Å²) in [5.74, 6) is 0.649. The highest BCUT2D eigenvalue weighted by atomic mass is 32.2. The highest BCUT2D eigenvalue weighted by Gasteiger charge is 2.47. The molecule has 1 aliphatic heterocycles. The van der Waals surface area contributed by atoms with Gasteiger partial charge in [-0.25, -0.2) is 13.4 Å². The quantitative estimate of drug-likeness (QED) is 0.579. The van der Waals surface area contributed by atoms with E-state index in [9.17, 15) is 13.7 Å². The fourth-order valence-corrected chi connectivity index (χ4v) is 5.58. The van der Waals surface area contributed by atoms with Crippen LogP contribution in [0.1, 0.15) is 32.6 Å². The Labute approximate surface area is 185 Å². The van der Waals surface area contributed by atoms with Gasteiger partial charge in [-0.15, -0.1) is 10.2 Å². The number of aryl methyl sites for hydroxylation is 1. The number of aromatic nitrogens is 4. The second-order valence-corrected chi connectivity index (χ2v) is 10.4. The molecule has 32 heavy (non-hydrogen) atoms. The summed E-state index contributed by atoms with van der Waals surface area (Å²) >= 11 is 0. The molecule has 1 saturated carbocycles. The Bertz CT molecular complexity index is 1320. The predicted octanol–water partition coefficient (Wildman–Crippen LogP) is 1.21. The number of nitriles is 1. The van der Waals surface area contributed by atoms with Crippen molar-refractivity contribution in [3.05, 3.63) is 24.4 Å². The molecule has 0 amide bonds. The lowest BCUT2D eigenvalue weighted by Gasteiger charge is -2.37. The summed E-state index contributed by atoms with van der Waals surface area (Å²) in [6.07, 6.45) is 4.10. The van der Waals surface area contributed by atoms with Crippen molar-refractivity contribution in [1.82, 2.24) is 29.6 Å². The summed E-state index contributed by atoms with van der Waals surface area (Å²) in [7, 11) is -3.95. The number of fused-ring (bicyclic) bond motifs is 1. The maximum atomic E-state index is 13.2. The summed E-state index contributed by atoms with van der Waals surface area (Å²) < 4.78 is 36.3. The number of nitrogens with one attached hydrogen (secondary N) is 2. The monoisotopic (exact) mass is 456 g/mol. The van der Waals surface area contributed by atoms with Crippen LogP contribution < -0.4 is 14.9 Å². The predicted molar refractivity (Wildman–Crippen MR) is 115 cm³/mol. The molecule has 2 aliphatic rings. The molecule has 3 aromatic heterocycles. The van der Waals surface area contributed by atoms with E-state index >= 15 is 0 Å². The first kappa shape index (κ1) is 20.9. The van der Waals surface area contributed by atoms with E-state index in [4.69, 9.17) is 4.42 Å². The Balaban J connectivity index is 1.68. The first-order valence-electron chi connectivity index (χ1n) is 10.5. The fraction of sp³-hybridized carbons (Fsp3) is 0.500. The molecule has 0 bridgehead atoms. The first-order valence-corrected chi connectivity index (χ1v) is 12.0. The number of nitrogens with zero attached hydrogens (tertiary/aromatic N) is 6. The standard InChI is InChI=1S/C20H24N8O3S/c1-12-8-27(9-13(2)23-12)16-6-15(32(29,30)26-20(11-21)4-5-20)10-28-17(7-22-18(16)28)19-25-24-14(3)31-19/h6-7,10,12-13,23,26H,4-5,8-9H2,1-3H3/t12-,13-/m0/s1. The maximum Gasteiger partial charge on any atom is 0.266 e. The van der Waals surface area contributed by atoms with Gasteiger partial charge in [-0.2, -0.15) is 9.98 Å². The van der Waals surface area contributed by atoms with Crippen molar-refractivity contribution in [1.29, 1.82) is 5.26 Å². The molecule has 2 atom stereocenters. The van der Waals surface area contributed by atoms with Crippen molar-refractivity contribution < 1.29 is 12.8 Å². The number of piperazine rings is 1. The van der Waals surface area contributed by atoms with Gasteiger partial charge >= 0.3 is 0 Å². The van der Waals surface area contributed by atoms with E-state index in [1.807, 2.05) is 0 Å². The Morgan fingerprint density at radius 3 is 2.59 bits per heavy atom. The lowest BCUT2D eigenvalue weighted by atomic mass is 10.1. The Hall–Kier alpha value is -3.01. The van der Waals surface area contributed by atoms with Crippen molar-refractivity contribution >= 4 is 21.4 Å². The first-order chi connectivity index (χ1) is 15.2. The molecule has 1 aliphatic carbocycles. The number of hydrogen-bond acceptors (Lipinski definition) is 9. The molecule has 12 heteroatoms. The third-order valence-electron chi connectivity index (χ3n) is 5.81. The van der Waals surface area contributed by atoms with E-state index in [0.717, 1.165) is 0 Å². The van der Waals surface area contributed by atoms with Crippen LogP contribution in [0.3, 0.4) is 0 Å². The summed E-state index contributed by atoms with van der Waals surface area (Å²) in [6, 6.07) is 4.15. The molecule has 0 radical (unpaired) electrons. The molecule has 5 rings (SSSR count). The van der Waals surface area contributed by atoms with Crippen molar-refractivity contribution in [2.24, 2.45) is 0 Å². The third-order valence-corrected chi connectivity index (χ3v) is 7.31. The fourth-order valence-electron chi connectivity index (χ4n) is 4.18. The Morgan fingerprint density at radius 1 is 1.28 bits per heavy atom. The van der Waals surface area contributed by atoms with Gasteiger partial charge in [0.2, 0.25) is 15.9 Å². The van der Waals surface area contributed by atoms with Crippen molar-refractivity contribution in [3.63, 3.8) is 0 Å². The van der Waals surface area contributed by atoms with Gasteiger partial charge in [-0.05, 0) is 32.8 Å². The SMILES string of the molecule is Cc1nnc(-c2cnc3c(N4C[C@H](C)N[C@@H](C)C4)cc(S(=O)(=O)NC4(C#N)CC4)cn23)o1. The zero-order valence-corrected chi connectivity index (χ0v) is 18.8. The van der Waals surface area contributed by atoms with Gasteiger partial charge in [0.15, 0.2) is 5.65 Å². The topological polar surface area (TPSA) is 141 Å². The molecule has 3 aromatic rings. The number of anilines is 1. The molecule has 0 spiro atoms. The van der Waals surface area contributed by atoms with E-state index in [2.05, 4.69) is 50.0 Å². The smallest absolute Gasteiger partial charge is 0.266 e. The van der Waals surface area contributed by atoms with Crippen LogP contribution in [0.2, 0.25) is 0 Å². The van der Waals surface area contributed by atoms with Crippen LogP contribution in [0.15, 0.2) is 27.8 Å². The molecule has 1 saturated heterocycles. The number of hydrogen-bond donors (Lipinski definition) is 2. The van der Waals surface area contributed by atoms with E-state index in [1.54, 1.807) is 23.6 Å². The lowest BCUT2D eigenvalue weighted by molar-refractivity contribution is 0.407. The summed E-state index contributed by atoms with van der Waals surface area (Å²) in [4.78, 5) is 6.75. The summed E-state index contributed by atoms with van der Waals surface area (Å²) in [5.41, 5.74) is 0.763. The van der Waals surface area contributed by atoms with Crippen molar-refractivity contribution in [3.8, 4) is 17.7 Å². The minimum absolute atomic E-state index is 0.0517. The Morgan fingerprint density at radius 2 is 2.00 bits per heavy atom. The van der Waals surface area contributed by atoms with Gasteiger partial charge in [-0.1, -0.05) is 0 Å². The Kier molecular flexibility index (Phi) is 4.74. The molecule has 2 fully saturated rings. The molecule has 0 unspecified atom stereocenters. The van der Waals surface area contributed by atoms with E-state index in [0.29, 0.717) is 48.9 Å². The van der Waals surface area contributed by atoms with Crippen LogP contribution in [0.5, 0.6) is 0 Å². The molecule has 11 nitrogen and oxygen atoms in total. The molecule has 0 aromatic carbocycles. The molecular formula is C20H24N8O3S. The summed E-state index contributed by atoms with van der Waals surface area (Å²) in [6.45, 7) is 7.25. The minimum Gasteiger partial charge on any atom is -0.420 e. The van der Waals surface area contributed by atoms with Gasteiger partial charge in [0.25, 0.3) is 5.89 Å². The van der Waals surface area contributed by atoms with Gasteiger partial charge < -0.3 is 14.6 Å². The second-order valence-electron chi connectivity index (χ2n) is 8.70. The van der Waals surface area contributed by atoms with Gasteiger partial charge in [0.05, 0.1) is 18.0 Å². The highest BCUT2D eigenvalue weighted by Crippen LogP contribution is 2.37. The van der Waals surface area contributed by atoms with E-state index in [-0.39, 0.29) is 22.9 Å². The van der Waals surface area contributed by atoms with Crippen LogP contribution >= 0.6 is 0 Å². The second kappa shape index (κ2) is 7.26. The zero-order chi connectivity index (χ0) is 22.7. The molecule has 4 heterocycles. The average Bonchev–Trinajstić information content (AvgIpc) is 3.15.